The number of nitrogens with zero attached hydrogens (tertiary/aromatic N) is 3. The first-order chi connectivity index (χ1) is 16.8. The van der Waals surface area contributed by atoms with Crippen LogP contribution in [-0.2, 0) is 16.6 Å². The lowest BCUT2D eigenvalue weighted by Gasteiger charge is -2.17. The highest BCUT2D eigenvalue weighted by atomic mass is 16.5. The predicted molar refractivity (Wildman–Crippen MR) is 128 cm³/mol. The Morgan fingerprint density at radius 2 is 1.69 bits per heavy atom. The fraction of sp³-hybridized carbons (Fsp3) is 0.308. The largest absolute Gasteiger partial charge is 0.481 e. The molecule has 2 aliphatic rings. The highest BCUT2D eigenvalue weighted by molar-refractivity contribution is 6.02. The average Bonchev–Trinajstić information content (AvgIpc) is 3.51. The zero-order valence-electron chi connectivity index (χ0n) is 19.5. The van der Waals surface area contributed by atoms with Crippen LogP contribution in [0.1, 0.15) is 34.3 Å². The van der Waals surface area contributed by atoms with Crippen molar-refractivity contribution in [2.45, 2.75) is 12.8 Å². The zero-order chi connectivity index (χ0) is 24.7. The van der Waals surface area contributed by atoms with Crippen molar-refractivity contribution in [3.8, 4) is 11.1 Å². The molecule has 2 aromatic carbocycles. The molecule has 2 atom stereocenters. The van der Waals surface area contributed by atoms with E-state index in [4.69, 9.17) is 4.74 Å². The number of rotatable bonds is 5. The van der Waals surface area contributed by atoms with Crippen molar-refractivity contribution in [2.75, 3.05) is 25.0 Å². The first-order valence-electron chi connectivity index (χ1n) is 11.5. The molecule has 1 fully saturated rings. The Labute approximate surface area is 202 Å². The van der Waals surface area contributed by atoms with Crippen LogP contribution < -0.4 is 5.32 Å². The van der Waals surface area contributed by atoms with Crippen molar-refractivity contribution in [1.82, 2.24) is 14.7 Å². The molecule has 0 radical (unpaired) electrons. The minimum atomic E-state index is -0.920. The topological polar surface area (TPSA) is 114 Å². The summed E-state index contributed by atoms with van der Waals surface area (Å²) in [5.74, 6) is -1.95. The SMILES string of the molecule is CC1CN(C(=O)c2cnn(C)c2NC(=O)OCC2c3ccccc3-c3ccccc32)CC1C(=O)O. The maximum atomic E-state index is 13.1. The van der Waals surface area contributed by atoms with Gasteiger partial charge in [0.25, 0.3) is 5.91 Å². The molecule has 5 rings (SSSR count). The van der Waals surface area contributed by atoms with Crippen LogP contribution in [0.4, 0.5) is 10.6 Å². The summed E-state index contributed by atoms with van der Waals surface area (Å²) in [5.41, 5.74) is 4.68. The molecular formula is C26H26N4O5. The number of fused-ring (bicyclic) bond motifs is 3. The number of nitrogens with one attached hydrogen (secondary N) is 1. The van der Waals surface area contributed by atoms with Crippen molar-refractivity contribution in [2.24, 2.45) is 18.9 Å². The van der Waals surface area contributed by atoms with Gasteiger partial charge in [0.05, 0.1) is 12.1 Å². The second-order valence-corrected chi connectivity index (χ2v) is 9.11. The summed E-state index contributed by atoms with van der Waals surface area (Å²) < 4.78 is 6.99. The lowest BCUT2D eigenvalue weighted by Crippen LogP contribution is -2.31. The molecule has 1 aliphatic carbocycles. The second-order valence-electron chi connectivity index (χ2n) is 9.11. The number of ether oxygens (including phenoxy) is 1. The van der Waals surface area contributed by atoms with E-state index < -0.39 is 18.0 Å². The van der Waals surface area contributed by atoms with E-state index in [1.807, 2.05) is 43.3 Å². The number of hydrogen-bond acceptors (Lipinski definition) is 5. The molecule has 1 aliphatic heterocycles. The lowest BCUT2D eigenvalue weighted by molar-refractivity contribution is -0.142. The zero-order valence-corrected chi connectivity index (χ0v) is 19.5. The molecule has 0 bridgehead atoms. The summed E-state index contributed by atoms with van der Waals surface area (Å²) in [6.07, 6.45) is 0.683. The minimum Gasteiger partial charge on any atom is -0.481 e. The summed E-state index contributed by atoms with van der Waals surface area (Å²) >= 11 is 0. The van der Waals surface area contributed by atoms with E-state index >= 15 is 0 Å². The van der Waals surface area contributed by atoms with Gasteiger partial charge in [-0.1, -0.05) is 55.5 Å². The average molecular weight is 475 g/mol. The van der Waals surface area contributed by atoms with E-state index in [9.17, 15) is 19.5 Å². The summed E-state index contributed by atoms with van der Waals surface area (Å²) in [6, 6.07) is 16.1. The number of carboxylic acid groups (broad SMARTS) is 1. The van der Waals surface area contributed by atoms with Crippen LogP contribution in [0.3, 0.4) is 0 Å². The number of carboxylic acids is 1. The number of carbonyl (C=O) groups excluding carboxylic acids is 2. The van der Waals surface area contributed by atoms with Crippen LogP contribution in [0.25, 0.3) is 11.1 Å². The van der Waals surface area contributed by atoms with Gasteiger partial charge >= 0.3 is 12.1 Å². The van der Waals surface area contributed by atoms with Gasteiger partial charge in [-0.15, -0.1) is 0 Å². The normalized spacial score (nSPS) is 18.7. The Morgan fingerprint density at radius 3 is 2.29 bits per heavy atom. The molecule has 1 aromatic heterocycles. The molecule has 35 heavy (non-hydrogen) atoms. The summed E-state index contributed by atoms with van der Waals surface area (Å²) in [6.45, 7) is 2.40. The fourth-order valence-corrected chi connectivity index (χ4v) is 5.10. The highest BCUT2D eigenvalue weighted by Crippen LogP contribution is 2.44. The maximum absolute atomic E-state index is 13.1. The fourth-order valence-electron chi connectivity index (χ4n) is 5.10. The van der Waals surface area contributed by atoms with Crippen LogP contribution in [0.5, 0.6) is 0 Å². The highest BCUT2D eigenvalue weighted by Gasteiger charge is 2.38. The molecule has 2 amide bonds. The maximum Gasteiger partial charge on any atom is 0.412 e. The molecule has 1 saturated heterocycles. The summed E-state index contributed by atoms with van der Waals surface area (Å²) in [7, 11) is 1.61. The van der Waals surface area contributed by atoms with Gasteiger partial charge in [-0.3, -0.25) is 19.6 Å². The second kappa shape index (κ2) is 8.90. The summed E-state index contributed by atoms with van der Waals surface area (Å²) in [5, 5.41) is 16.1. The van der Waals surface area contributed by atoms with Gasteiger partial charge in [0.1, 0.15) is 18.0 Å². The van der Waals surface area contributed by atoms with Crippen LogP contribution in [-0.4, -0.2) is 57.5 Å². The molecule has 2 heterocycles. The van der Waals surface area contributed by atoms with Crippen molar-refractivity contribution < 1.29 is 24.2 Å². The third-order valence-electron chi connectivity index (χ3n) is 6.95. The van der Waals surface area contributed by atoms with Gasteiger partial charge in [-0.25, -0.2) is 4.79 Å². The molecule has 180 valence electrons. The monoisotopic (exact) mass is 474 g/mol. The molecular weight excluding hydrogens is 448 g/mol. The van der Waals surface area contributed by atoms with E-state index in [-0.39, 0.29) is 42.3 Å². The van der Waals surface area contributed by atoms with Crippen LogP contribution in [0.15, 0.2) is 54.7 Å². The Bertz CT molecular complexity index is 1270. The lowest BCUT2D eigenvalue weighted by atomic mass is 9.98. The van der Waals surface area contributed by atoms with E-state index in [1.165, 1.54) is 15.8 Å². The Hall–Kier alpha value is -4.14. The standard InChI is InChI=1S/C26H26N4O5/c1-15-12-30(13-21(15)25(32)33)24(31)20-11-27-29(2)23(20)28-26(34)35-14-22-18-9-5-3-7-16(18)17-8-4-6-10-19(17)22/h3-11,15,21-22H,12-14H2,1-2H3,(H,28,34)(H,32,33). The summed E-state index contributed by atoms with van der Waals surface area (Å²) in [4.78, 5) is 38.8. The molecule has 9 nitrogen and oxygen atoms in total. The number of carbonyl (C=O) groups is 3. The van der Waals surface area contributed by atoms with E-state index in [1.54, 1.807) is 7.05 Å². The predicted octanol–water partition coefficient (Wildman–Crippen LogP) is 3.57. The van der Waals surface area contributed by atoms with Crippen molar-refractivity contribution in [3.05, 3.63) is 71.4 Å². The van der Waals surface area contributed by atoms with Gasteiger partial charge in [0, 0.05) is 26.1 Å². The van der Waals surface area contributed by atoms with Crippen molar-refractivity contribution >= 4 is 23.8 Å². The number of aliphatic carboxylic acids is 1. The number of likely N-dealkylation sites (tertiary alicyclic amines) is 1. The Kier molecular flexibility index (Phi) is 5.76. The van der Waals surface area contributed by atoms with Crippen LogP contribution >= 0.6 is 0 Å². The molecule has 2 N–H and O–H groups in total. The first-order valence-corrected chi connectivity index (χ1v) is 11.5. The number of aryl methyl sites for hydroxylation is 1. The van der Waals surface area contributed by atoms with Crippen molar-refractivity contribution in [1.29, 1.82) is 0 Å². The quantitative estimate of drug-likeness (QED) is 0.584. The number of benzene rings is 2. The van der Waals surface area contributed by atoms with Gasteiger partial charge in [0.2, 0.25) is 0 Å². The van der Waals surface area contributed by atoms with E-state index in [2.05, 4.69) is 22.5 Å². The number of hydrogen-bond donors (Lipinski definition) is 2. The smallest absolute Gasteiger partial charge is 0.412 e. The first kappa shape index (κ1) is 22.6. The minimum absolute atomic E-state index is 0.0835. The van der Waals surface area contributed by atoms with Crippen molar-refractivity contribution in [3.63, 3.8) is 0 Å². The molecule has 0 saturated carbocycles. The molecule has 3 aromatic rings. The van der Waals surface area contributed by atoms with E-state index in [0.29, 0.717) is 6.54 Å². The van der Waals surface area contributed by atoms with Gasteiger partial charge in [-0.05, 0) is 28.2 Å². The third kappa shape index (κ3) is 4.03. The van der Waals surface area contributed by atoms with Crippen LogP contribution in [0.2, 0.25) is 0 Å². The van der Waals surface area contributed by atoms with Gasteiger partial charge < -0.3 is 14.7 Å². The van der Waals surface area contributed by atoms with Gasteiger partial charge in [-0.2, -0.15) is 5.10 Å². The molecule has 9 heteroatoms. The third-order valence-corrected chi connectivity index (χ3v) is 6.95. The number of anilines is 1. The number of amides is 2. The molecule has 0 spiro atoms. The molecule has 2 unspecified atom stereocenters. The van der Waals surface area contributed by atoms with E-state index in [0.717, 1.165) is 22.3 Å². The Morgan fingerprint density at radius 1 is 1.06 bits per heavy atom. The Balaban J connectivity index is 1.29. The van der Waals surface area contributed by atoms with Gasteiger partial charge in [0.15, 0.2) is 0 Å². The number of aromatic nitrogens is 2. The van der Waals surface area contributed by atoms with Crippen LogP contribution in [0, 0.1) is 11.8 Å².